The average molecular weight is 415 g/mol. The minimum atomic E-state index is -0.826. The Balaban J connectivity index is 1.72. The van der Waals surface area contributed by atoms with Crippen LogP contribution in [0.1, 0.15) is 19.8 Å². The van der Waals surface area contributed by atoms with Crippen molar-refractivity contribution in [1.82, 2.24) is 0 Å². The normalized spacial score (nSPS) is 20.9. The Bertz CT molecular complexity index is 1160. The lowest BCUT2D eigenvalue weighted by molar-refractivity contribution is -0.159. The monoisotopic (exact) mass is 414 g/mol. The van der Waals surface area contributed by atoms with Gasteiger partial charge in [0.25, 0.3) is 0 Å². The number of carboxylic acids is 1. The van der Waals surface area contributed by atoms with Crippen molar-refractivity contribution in [2.45, 2.75) is 25.9 Å². The van der Waals surface area contributed by atoms with E-state index >= 15 is 0 Å². The number of hydrogen-bond acceptors (Lipinski definition) is 5. The molecule has 1 aliphatic carbocycles. The summed E-state index contributed by atoms with van der Waals surface area (Å²) in [7, 11) is 1.50. The summed E-state index contributed by atoms with van der Waals surface area (Å²) < 4.78 is 17.5. The third kappa shape index (κ3) is 3.34. The second-order valence-corrected chi connectivity index (χ2v) is 7.85. The van der Waals surface area contributed by atoms with Crippen LogP contribution >= 0.6 is 11.6 Å². The summed E-state index contributed by atoms with van der Waals surface area (Å²) in [6.45, 7) is 1.70. The standard InChI is InChI=1S/C22H19ClO6/c1-22(21(25)26)10-12(11-22)28-17-8-4-6-14(20(17)27-2)18-9-16(24)13-5-3-7-15(23)19(13)29-18/h3-9,12H,10-11H2,1-2H3,(H,25,26). The summed E-state index contributed by atoms with van der Waals surface area (Å²) in [4.78, 5) is 23.8. The van der Waals surface area contributed by atoms with Crippen LogP contribution < -0.4 is 14.9 Å². The molecular weight excluding hydrogens is 396 g/mol. The lowest BCUT2D eigenvalue weighted by Crippen LogP contribution is -2.47. The topological polar surface area (TPSA) is 86.0 Å². The van der Waals surface area contributed by atoms with Crippen LogP contribution in [0.25, 0.3) is 22.3 Å². The highest BCUT2D eigenvalue weighted by Gasteiger charge is 2.48. The zero-order chi connectivity index (χ0) is 20.8. The van der Waals surface area contributed by atoms with Crippen molar-refractivity contribution in [1.29, 1.82) is 0 Å². The Hall–Kier alpha value is -2.99. The number of para-hydroxylation sites is 2. The summed E-state index contributed by atoms with van der Waals surface area (Å²) >= 11 is 6.20. The number of benzene rings is 2. The molecule has 1 aliphatic rings. The molecule has 7 heteroatoms. The minimum absolute atomic E-state index is 0.214. The predicted octanol–water partition coefficient (Wildman–Crippen LogP) is 4.75. The van der Waals surface area contributed by atoms with Crippen molar-refractivity contribution in [3.8, 4) is 22.8 Å². The first-order valence-electron chi connectivity index (χ1n) is 9.12. The van der Waals surface area contributed by atoms with E-state index in [1.165, 1.54) is 13.2 Å². The lowest BCUT2D eigenvalue weighted by atomic mass is 9.68. The number of methoxy groups -OCH3 is 1. The van der Waals surface area contributed by atoms with Crippen LogP contribution in [0.5, 0.6) is 11.5 Å². The van der Waals surface area contributed by atoms with E-state index in [0.29, 0.717) is 51.7 Å². The van der Waals surface area contributed by atoms with Gasteiger partial charge in [-0.25, -0.2) is 0 Å². The molecule has 6 nitrogen and oxygen atoms in total. The van der Waals surface area contributed by atoms with Gasteiger partial charge in [0.05, 0.1) is 28.5 Å². The summed E-state index contributed by atoms with van der Waals surface area (Å²) in [5.74, 6) is 0.352. The number of aliphatic carboxylic acids is 1. The molecule has 3 aromatic rings. The molecule has 0 atom stereocenters. The largest absolute Gasteiger partial charge is 0.492 e. The SMILES string of the molecule is COc1c(OC2CC(C)(C(=O)O)C2)cccc1-c1cc(=O)c2cccc(Cl)c2o1. The smallest absolute Gasteiger partial charge is 0.309 e. The van der Waals surface area contributed by atoms with Gasteiger partial charge in [0, 0.05) is 18.9 Å². The molecule has 1 saturated carbocycles. The molecule has 0 unspecified atom stereocenters. The molecule has 0 amide bonds. The predicted molar refractivity (Wildman–Crippen MR) is 109 cm³/mol. The molecule has 1 fully saturated rings. The van der Waals surface area contributed by atoms with E-state index in [1.54, 1.807) is 43.3 Å². The molecule has 4 rings (SSSR count). The molecule has 1 N–H and O–H groups in total. The molecule has 1 heterocycles. The maximum absolute atomic E-state index is 12.5. The number of carboxylic acid groups (broad SMARTS) is 1. The van der Waals surface area contributed by atoms with Crippen molar-refractivity contribution < 1.29 is 23.8 Å². The van der Waals surface area contributed by atoms with Crippen LogP contribution in [0, 0.1) is 5.41 Å². The van der Waals surface area contributed by atoms with Crippen LogP contribution in [0.2, 0.25) is 5.02 Å². The quantitative estimate of drug-likeness (QED) is 0.648. The van der Waals surface area contributed by atoms with Gasteiger partial charge in [-0.3, -0.25) is 9.59 Å². The minimum Gasteiger partial charge on any atom is -0.492 e. The van der Waals surface area contributed by atoms with Crippen LogP contribution in [0.3, 0.4) is 0 Å². The van der Waals surface area contributed by atoms with Crippen LogP contribution in [0.15, 0.2) is 51.7 Å². The maximum Gasteiger partial charge on any atom is 0.309 e. The fourth-order valence-electron chi connectivity index (χ4n) is 3.67. The average Bonchev–Trinajstić information content (AvgIpc) is 2.67. The van der Waals surface area contributed by atoms with Gasteiger partial charge in [-0.15, -0.1) is 0 Å². The third-order valence-corrected chi connectivity index (χ3v) is 5.62. The highest BCUT2D eigenvalue weighted by Crippen LogP contribution is 2.46. The number of carbonyl (C=O) groups is 1. The lowest BCUT2D eigenvalue weighted by Gasteiger charge is -2.41. The zero-order valence-electron chi connectivity index (χ0n) is 15.9. The molecular formula is C22H19ClO6. The Labute approximate surface area is 171 Å². The van der Waals surface area contributed by atoms with Gasteiger partial charge in [0.1, 0.15) is 11.9 Å². The molecule has 29 heavy (non-hydrogen) atoms. The van der Waals surface area contributed by atoms with Crippen LogP contribution in [-0.4, -0.2) is 24.3 Å². The van der Waals surface area contributed by atoms with Gasteiger partial charge in [-0.05, 0) is 31.2 Å². The van der Waals surface area contributed by atoms with E-state index in [2.05, 4.69) is 0 Å². The number of halogens is 1. The van der Waals surface area contributed by atoms with Gasteiger partial charge >= 0.3 is 5.97 Å². The molecule has 0 spiro atoms. The van der Waals surface area contributed by atoms with Crippen molar-refractivity contribution in [2.24, 2.45) is 5.41 Å². The van der Waals surface area contributed by atoms with Gasteiger partial charge in [-0.2, -0.15) is 0 Å². The number of rotatable bonds is 5. The fraction of sp³-hybridized carbons (Fsp3) is 0.273. The maximum atomic E-state index is 12.5. The first-order valence-corrected chi connectivity index (χ1v) is 9.50. The third-order valence-electron chi connectivity index (χ3n) is 5.32. The van der Waals surface area contributed by atoms with Crippen molar-refractivity contribution >= 4 is 28.5 Å². The molecule has 0 bridgehead atoms. The molecule has 0 aliphatic heterocycles. The van der Waals surface area contributed by atoms with Crippen molar-refractivity contribution in [2.75, 3.05) is 7.11 Å². The van der Waals surface area contributed by atoms with Gasteiger partial charge in [0.2, 0.25) is 0 Å². The highest BCUT2D eigenvalue weighted by atomic mass is 35.5. The van der Waals surface area contributed by atoms with E-state index in [4.69, 9.17) is 25.5 Å². The first-order chi connectivity index (χ1) is 13.8. The summed E-state index contributed by atoms with van der Waals surface area (Å²) in [5, 5.41) is 10.0. The van der Waals surface area contributed by atoms with Crippen LogP contribution in [0.4, 0.5) is 0 Å². The van der Waals surface area contributed by atoms with E-state index in [-0.39, 0.29) is 11.5 Å². The first kappa shape index (κ1) is 19.3. The number of hydrogen-bond donors (Lipinski definition) is 1. The summed E-state index contributed by atoms with van der Waals surface area (Å²) in [6.07, 6.45) is 0.602. The van der Waals surface area contributed by atoms with E-state index in [0.717, 1.165) is 0 Å². The van der Waals surface area contributed by atoms with E-state index in [1.807, 2.05) is 0 Å². The molecule has 1 aromatic heterocycles. The molecule has 2 aromatic carbocycles. The van der Waals surface area contributed by atoms with Crippen molar-refractivity contribution in [3.05, 3.63) is 57.7 Å². The Morgan fingerprint density at radius 2 is 1.97 bits per heavy atom. The number of ether oxygens (including phenoxy) is 2. The van der Waals surface area contributed by atoms with E-state index in [9.17, 15) is 14.7 Å². The Morgan fingerprint density at radius 3 is 2.66 bits per heavy atom. The van der Waals surface area contributed by atoms with Crippen LogP contribution in [-0.2, 0) is 4.79 Å². The second kappa shape index (κ2) is 7.12. The Kier molecular flexibility index (Phi) is 4.74. The Morgan fingerprint density at radius 1 is 1.24 bits per heavy atom. The van der Waals surface area contributed by atoms with Gasteiger partial charge in [-0.1, -0.05) is 23.7 Å². The zero-order valence-corrected chi connectivity index (χ0v) is 16.7. The van der Waals surface area contributed by atoms with Gasteiger partial charge in [0.15, 0.2) is 22.5 Å². The highest BCUT2D eigenvalue weighted by molar-refractivity contribution is 6.34. The number of fused-ring (bicyclic) bond motifs is 1. The van der Waals surface area contributed by atoms with Gasteiger partial charge < -0.3 is 19.0 Å². The molecule has 0 radical (unpaired) electrons. The fourth-order valence-corrected chi connectivity index (χ4v) is 3.88. The summed E-state index contributed by atoms with van der Waals surface area (Å²) in [6, 6.07) is 11.7. The van der Waals surface area contributed by atoms with E-state index < -0.39 is 11.4 Å². The molecule has 0 saturated heterocycles. The summed E-state index contributed by atoms with van der Waals surface area (Å²) in [5.41, 5.74) is -0.129. The molecule has 150 valence electrons. The van der Waals surface area contributed by atoms with Crippen molar-refractivity contribution in [3.63, 3.8) is 0 Å². The second-order valence-electron chi connectivity index (χ2n) is 7.44.